The lowest BCUT2D eigenvalue weighted by Gasteiger charge is -2.24. The van der Waals surface area contributed by atoms with E-state index in [0.717, 1.165) is 12.8 Å². The van der Waals surface area contributed by atoms with Gasteiger partial charge in [0.1, 0.15) is 6.61 Å². The highest BCUT2D eigenvalue weighted by atomic mass is 32.2. The second kappa shape index (κ2) is 7.31. The molecule has 0 radical (unpaired) electrons. The fourth-order valence-electron chi connectivity index (χ4n) is 2.54. The Hall–Kier alpha value is -0.520. The van der Waals surface area contributed by atoms with Gasteiger partial charge in [-0.15, -0.1) is 0 Å². The van der Waals surface area contributed by atoms with E-state index < -0.39 is 0 Å². The minimum absolute atomic E-state index is 0.165. The Morgan fingerprint density at radius 2 is 2.16 bits per heavy atom. The maximum Gasteiger partial charge on any atom is 0.192 e. The lowest BCUT2D eigenvalue weighted by Crippen LogP contribution is -2.28. The zero-order valence-corrected chi connectivity index (χ0v) is 12.2. The fourth-order valence-corrected chi connectivity index (χ4v) is 3.48. The summed E-state index contributed by atoms with van der Waals surface area (Å²) in [5, 5.41) is 0.299. The van der Waals surface area contributed by atoms with Crippen molar-refractivity contribution in [3.8, 4) is 0 Å². The van der Waals surface area contributed by atoms with E-state index in [9.17, 15) is 4.79 Å². The first-order valence-corrected chi connectivity index (χ1v) is 7.83. The van der Waals surface area contributed by atoms with Crippen LogP contribution in [0.2, 0.25) is 0 Å². The van der Waals surface area contributed by atoms with Gasteiger partial charge in [0.2, 0.25) is 0 Å². The number of hydrogen-bond acceptors (Lipinski definition) is 5. The van der Waals surface area contributed by atoms with E-state index in [4.69, 9.17) is 14.2 Å². The first-order chi connectivity index (χ1) is 9.22. The van der Waals surface area contributed by atoms with Gasteiger partial charge in [-0.1, -0.05) is 25.3 Å². The van der Waals surface area contributed by atoms with Crippen molar-refractivity contribution in [1.29, 1.82) is 0 Å². The van der Waals surface area contributed by atoms with Crippen molar-refractivity contribution < 1.29 is 19.0 Å². The number of ether oxygens (including phenoxy) is 3. The van der Waals surface area contributed by atoms with Crippen LogP contribution < -0.4 is 0 Å². The maximum atomic E-state index is 12.1. The molecule has 2 rings (SSSR count). The molecule has 1 saturated heterocycles. The standard InChI is InChI=1S/C14H22O4S/c1-3-16-4-5-17-6-7-19-14(15)11-9-13-12(18-13)8-10(11)2/h3,10-13H,1,4-9H2,2H3. The van der Waals surface area contributed by atoms with Crippen molar-refractivity contribution in [1.82, 2.24) is 0 Å². The van der Waals surface area contributed by atoms with Crippen LogP contribution in [0.25, 0.3) is 0 Å². The number of thioether (sulfide) groups is 1. The van der Waals surface area contributed by atoms with Crippen molar-refractivity contribution in [3.05, 3.63) is 12.8 Å². The van der Waals surface area contributed by atoms with Crippen LogP contribution in [0, 0.1) is 11.8 Å². The summed E-state index contributed by atoms with van der Waals surface area (Å²) in [6.45, 7) is 7.25. The van der Waals surface area contributed by atoms with Gasteiger partial charge in [0.05, 0.1) is 31.7 Å². The highest BCUT2D eigenvalue weighted by Gasteiger charge is 2.48. The van der Waals surface area contributed by atoms with Gasteiger partial charge >= 0.3 is 0 Å². The molecule has 5 heteroatoms. The van der Waals surface area contributed by atoms with E-state index in [-0.39, 0.29) is 5.92 Å². The minimum Gasteiger partial charge on any atom is -0.499 e. The fraction of sp³-hybridized carbons (Fsp3) is 0.786. The molecule has 0 N–H and O–H groups in total. The van der Waals surface area contributed by atoms with E-state index in [1.807, 2.05) is 0 Å². The van der Waals surface area contributed by atoms with Crippen molar-refractivity contribution in [2.75, 3.05) is 25.6 Å². The van der Waals surface area contributed by atoms with Crippen LogP contribution in [0.5, 0.6) is 0 Å². The highest BCUT2D eigenvalue weighted by molar-refractivity contribution is 8.13. The average molecular weight is 286 g/mol. The molecule has 4 nitrogen and oxygen atoms in total. The summed E-state index contributed by atoms with van der Waals surface area (Å²) in [5.41, 5.74) is 0. The minimum atomic E-state index is 0.165. The molecule has 1 saturated carbocycles. The van der Waals surface area contributed by atoms with Crippen LogP contribution >= 0.6 is 11.8 Å². The molecule has 0 bridgehead atoms. The molecule has 2 fully saturated rings. The Bertz CT molecular complexity index is 321. The van der Waals surface area contributed by atoms with E-state index in [1.54, 1.807) is 0 Å². The molecule has 0 aromatic heterocycles. The molecule has 108 valence electrons. The molecule has 2 aliphatic rings. The second-order valence-corrected chi connectivity index (χ2v) is 6.18. The number of rotatable bonds is 8. The van der Waals surface area contributed by atoms with Gasteiger partial charge in [-0.25, -0.2) is 0 Å². The molecule has 19 heavy (non-hydrogen) atoms. The molecule has 0 amide bonds. The van der Waals surface area contributed by atoms with Gasteiger partial charge in [0.15, 0.2) is 5.12 Å². The first-order valence-electron chi connectivity index (χ1n) is 6.84. The number of epoxide rings is 1. The Morgan fingerprint density at radius 1 is 1.37 bits per heavy atom. The SMILES string of the molecule is C=COCCOCCSC(=O)C1CC2OC2CC1C. The summed E-state index contributed by atoms with van der Waals surface area (Å²) in [6, 6.07) is 0. The van der Waals surface area contributed by atoms with Gasteiger partial charge < -0.3 is 14.2 Å². The number of carbonyl (C=O) groups excluding carboxylic acids is 1. The predicted octanol–water partition coefficient (Wildman–Crippen LogP) is 2.24. The molecule has 4 unspecified atom stereocenters. The summed E-state index contributed by atoms with van der Waals surface area (Å²) in [7, 11) is 0. The zero-order valence-electron chi connectivity index (χ0n) is 11.4. The summed E-state index contributed by atoms with van der Waals surface area (Å²) in [4.78, 5) is 12.1. The third-order valence-corrected chi connectivity index (χ3v) is 4.66. The smallest absolute Gasteiger partial charge is 0.192 e. The average Bonchev–Trinajstić information content (AvgIpc) is 3.14. The van der Waals surface area contributed by atoms with E-state index >= 15 is 0 Å². The highest BCUT2D eigenvalue weighted by Crippen LogP contribution is 2.44. The van der Waals surface area contributed by atoms with Crippen LogP contribution in [-0.4, -0.2) is 42.9 Å². The summed E-state index contributed by atoms with van der Waals surface area (Å²) in [5.74, 6) is 1.33. The molecular formula is C14H22O4S. The van der Waals surface area contributed by atoms with Gasteiger partial charge in [0, 0.05) is 11.7 Å². The number of hydrogen-bond donors (Lipinski definition) is 0. The lowest BCUT2D eigenvalue weighted by atomic mass is 9.81. The van der Waals surface area contributed by atoms with E-state index in [2.05, 4.69) is 13.5 Å². The van der Waals surface area contributed by atoms with Gasteiger partial charge in [0.25, 0.3) is 0 Å². The Balaban J connectivity index is 1.55. The van der Waals surface area contributed by atoms with Gasteiger partial charge in [-0.3, -0.25) is 4.79 Å². The number of fused-ring (bicyclic) bond motifs is 1. The molecule has 4 atom stereocenters. The van der Waals surface area contributed by atoms with Crippen LogP contribution in [0.4, 0.5) is 0 Å². The second-order valence-electron chi connectivity index (χ2n) is 5.09. The Labute approximate surface area is 118 Å². The van der Waals surface area contributed by atoms with E-state index in [0.29, 0.717) is 48.8 Å². The molecule has 1 aliphatic heterocycles. The normalized spacial score (nSPS) is 32.5. The largest absolute Gasteiger partial charge is 0.499 e. The zero-order chi connectivity index (χ0) is 13.7. The topological polar surface area (TPSA) is 48.1 Å². The van der Waals surface area contributed by atoms with Crippen molar-refractivity contribution in [2.24, 2.45) is 11.8 Å². The molecule has 0 aromatic rings. The third kappa shape index (κ3) is 4.51. The van der Waals surface area contributed by atoms with Crippen LogP contribution in [0.15, 0.2) is 12.8 Å². The van der Waals surface area contributed by atoms with Crippen molar-refractivity contribution in [2.45, 2.75) is 32.0 Å². The third-order valence-electron chi connectivity index (χ3n) is 3.70. The molecule has 1 heterocycles. The van der Waals surface area contributed by atoms with Crippen molar-refractivity contribution >= 4 is 16.9 Å². The molecule has 0 spiro atoms. The quantitative estimate of drug-likeness (QED) is 0.389. The summed E-state index contributed by atoms with van der Waals surface area (Å²) < 4.78 is 15.8. The molecular weight excluding hydrogens is 264 g/mol. The van der Waals surface area contributed by atoms with Crippen molar-refractivity contribution in [3.63, 3.8) is 0 Å². The summed E-state index contributed by atoms with van der Waals surface area (Å²) in [6.07, 6.45) is 4.15. The van der Waals surface area contributed by atoms with Crippen LogP contribution in [0.3, 0.4) is 0 Å². The maximum absolute atomic E-state index is 12.1. The van der Waals surface area contributed by atoms with Gasteiger partial charge in [-0.05, 0) is 18.8 Å². The monoisotopic (exact) mass is 286 g/mol. The number of carbonyl (C=O) groups is 1. The van der Waals surface area contributed by atoms with Crippen LogP contribution in [-0.2, 0) is 19.0 Å². The Morgan fingerprint density at radius 3 is 2.95 bits per heavy atom. The van der Waals surface area contributed by atoms with Crippen LogP contribution in [0.1, 0.15) is 19.8 Å². The van der Waals surface area contributed by atoms with Gasteiger partial charge in [-0.2, -0.15) is 0 Å². The lowest BCUT2D eigenvalue weighted by molar-refractivity contribution is -0.116. The Kier molecular flexibility index (Phi) is 5.73. The van der Waals surface area contributed by atoms with E-state index in [1.165, 1.54) is 18.0 Å². The first kappa shape index (κ1) is 14.9. The molecule has 0 aromatic carbocycles. The molecule has 1 aliphatic carbocycles. The summed E-state index contributed by atoms with van der Waals surface area (Å²) >= 11 is 1.39. The predicted molar refractivity (Wildman–Crippen MR) is 75.0 cm³/mol.